The van der Waals surface area contributed by atoms with Gasteiger partial charge in [0.25, 0.3) is 17.5 Å². The predicted octanol–water partition coefficient (Wildman–Crippen LogP) is 5.76. The average Bonchev–Trinajstić information content (AvgIpc) is 2.75. The van der Waals surface area contributed by atoms with Gasteiger partial charge in [0.1, 0.15) is 11.5 Å². The van der Waals surface area contributed by atoms with Gasteiger partial charge in [0.15, 0.2) is 0 Å². The first-order chi connectivity index (χ1) is 15.6. The van der Waals surface area contributed by atoms with Crippen molar-refractivity contribution in [2.45, 2.75) is 6.92 Å². The van der Waals surface area contributed by atoms with Crippen LogP contribution in [0.1, 0.15) is 21.5 Å². The first kappa shape index (κ1) is 23.9. The second kappa shape index (κ2) is 10.2. The molecular formula is C23H16Cl2FN3O4. The van der Waals surface area contributed by atoms with E-state index in [0.717, 1.165) is 17.7 Å². The second-order valence-electron chi connectivity index (χ2n) is 6.90. The smallest absolute Gasteiger partial charge is 0.272 e. The molecule has 0 aliphatic heterocycles. The van der Waals surface area contributed by atoms with Gasteiger partial charge < -0.3 is 10.6 Å². The lowest BCUT2D eigenvalue weighted by molar-refractivity contribution is -0.384. The van der Waals surface area contributed by atoms with Crippen LogP contribution >= 0.6 is 23.2 Å². The standard InChI is InChI=1S/C23H16Cl2FN3O4/c1-13-5-6-15(24)11-20(13)27-23(31)21(10-14-3-2-4-17(9-14)29(32)33)28-22(30)18-8-7-16(26)12-19(18)25/h2-12H,1H3,(H,27,31)(H,28,30). The van der Waals surface area contributed by atoms with Crippen molar-refractivity contribution in [3.63, 3.8) is 0 Å². The van der Waals surface area contributed by atoms with Crippen molar-refractivity contribution >= 4 is 52.5 Å². The maximum absolute atomic E-state index is 13.3. The van der Waals surface area contributed by atoms with Gasteiger partial charge in [-0.2, -0.15) is 0 Å². The number of non-ortho nitro benzene ring substituents is 1. The number of nitro benzene ring substituents is 1. The van der Waals surface area contributed by atoms with Crippen molar-refractivity contribution < 1.29 is 18.9 Å². The molecule has 10 heteroatoms. The Morgan fingerprint density at radius 2 is 1.82 bits per heavy atom. The number of nitro groups is 1. The summed E-state index contributed by atoms with van der Waals surface area (Å²) >= 11 is 12.0. The first-order valence-electron chi connectivity index (χ1n) is 9.44. The molecule has 2 N–H and O–H groups in total. The fourth-order valence-corrected chi connectivity index (χ4v) is 3.26. The molecule has 0 fully saturated rings. The number of anilines is 1. The lowest BCUT2D eigenvalue weighted by Gasteiger charge is -2.13. The summed E-state index contributed by atoms with van der Waals surface area (Å²) in [6.07, 6.45) is 1.28. The Bertz CT molecular complexity index is 1290. The highest BCUT2D eigenvalue weighted by Gasteiger charge is 2.18. The van der Waals surface area contributed by atoms with E-state index in [-0.39, 0.29) is 22.0 Å². The van der Waals surface area contributed by atoms with Crippen LogP contribution in [0, 0.1) is 22.9 Å². The fraction of sp³-hybridized carbons (Fsp3) is 0.0435. The fourth-order valence-electron chi connectivity index (χ4n) is 2.84. The largest absolute Gasteiger partial charge is 0.320 e. The summed E-state index contributed by atoms with van der Waals surface area (Å²) in [6.45, 7) is 1.76. The van der Waals surface area contributed by atoms with E-state index in [9.17, 15) is 24.1 Å². The molecule has 33 heavy (non-hydrogen) atoms. The van der Waals surface area contributed by atoms with Crippen LogP contribution in [-0.2, 0) is 4.79 Å². The van der Waals surface area contributed by atoms with Crippen LogP contribution in [0.25, 0.3) is 6.08 Å². The number of nitrogens with zero attached hydrogens (tertiary/aromatic N) is 1. The van der Waals surface area contributed by atoms with Crippen molar-refractivity contribution in [1.82, 2.24) is 5.32 Å². The van der Waals surface area contributed by atoms with Crippen LogP contribution in [0.3, 0.4) is 0 Å². The van der Waals surface area contributed by atoms with E-state index in [0.29, 0.717) is 16.3 Å². The number of rotatable bonds is 6. The van der Waals surface area contributed by atoms with Gasteiger partial charge in [-0.1, -0.05) is 41.4 Å². The molecule has 3 aromatic carbocycles. The summed E-state index contributed by atoms with van der Waals surface area (Å²) in [5.41, 5.74) is 0.946. The molecule has 0 atom stereocenters. The Hall–Kier alpha value is -3.75. The second-order valence-corrected chi connectivity index (χ2v) is 7.75. The van der Waals surface area contributed by atoms with Crippen LogP contribution in [0.15, 0.2) is 66.4 Å². The molecule has 0 saturated carbocycles. The number of nitrogens with one attached hydrogen (secondary N) is 2. The molecule has 3 aromatic rings. The zero-order chi connectivity index (χ0) is 24.1. The normalized spacial score (nSPS) is 11.1. The van der Waals surface area contributed by atoms with Gasteiger partial charge in [-0.15, -0.1) is 0 Å². The van der Waals surface area contributed by atoms with Crippen molar-refractivity contribution in [1.29, 1.82) is 0 Å². The molecule has 0 radical (unpaired) electrons. The molecule has 0 aliphatic carbocycles. The molecule has 0 spiro atoms. The van der Waals surface area contributed by atoms with Crippen LogP contribution < -0.4 is 10.6 Å². The Balaban J connectivity index is 1.99. The third-order valence-electron chi connectivity index (χ3n) is 4.51. The SMILES string of the molecule is Cc1ccc(Cl)cc1NC(=O)C(=Cc1cccc([N+](=O)[O-])c1)NC(=O)c1ccc(F)cc1Cl. The molecule has 0 unspecified atom stereocenters. The Labute approximate surface area is 198 Å². The topological polar surface area (TPSA) is 101 Å². The van der Waals surface area contributed by atoms with E-state index < -0.39 is 22.6 Å². The molecule has 3 rings (SSSR count). The summed E-state index contributed by atoms with van der Waals surface area (Å²) in [7, 11) is 0. The maximum Gasteiger partial charge on any atom is 0.272 e. The van der Waals surface area contributed by atoms with Crippen molar-refractivity contribution in [2.24, 2.45) is 0 Å². The molecular weight excluding hydrogens is 472 g/mol. The van der Waals surface area contributed by atoms with Crippen LogP contribution in [-0.4, -0.2) is 16.7 Å². The zero-order valence-electron chi connectivity index (χ0n) is 17.1. The monoisotopic (exact) mass is 487 g/mol. The van der Waals surface area contributed by atoms with Gasteiger partial charge in [-0.25, -0.2) is 4.39 Å². The number of carbonyl (C=O) groups is 2. The van der Waals surface area contributed by atoms with E-state index in [1.54, 1.807) is 25.1 Å². The first-order valence-corrected chi connectivity index (χ1v) is 10.2. The molecule has 0 saturated heterocycles. The molecule has 2 amide bonds. The van der Waals surface area contributed by atoms with Crippen LogP contribution in [0.5, 0.6) is 0 Å². The van der Waals surface area contributed by atoms with E-state index >= 15 is 0 Å². The van der Waals surface area contributed by atoms with Crippen molar-refractivity contribution in [2.75, 3.05) is 5.32 Å². The summed E-state index contributed by atoms with van der Waals surface area (Å²) in [4.78, 5) is 36.3. The Kier molecular flexibility index (Phi) is 7.42. The average molecular weight is 488 g/mol. The molecule has 168 valence electrons. The van der Waals surface area contributed by atoms with Crippen molar-refractivity contribution in [3.8, 4) is 0 Å². The van der Waals surface area contributed by atoms with Gasteiger partial charge >= 0.3 is 0 Å². The number of aryl methyl sites for hydroxylation is 1. The third-order valence-corrected chi connectivity index (χ3v) is 5.06. The van der Waals surface area contributed by atoms with Gasteiger partial charge in [-0.05, 0) is 54.5 Å². The molecule has 0 heterocycles. The summed E-state index contributed by atoms with van der Waals surface area (Å²) in [6, 6.07) is 13.6. The van der Waals surface area contributed by atoms with Gasteiger partial charge in [-0.3, -0.25) is 19.7 Å². The lowest BCUT2D eigenvalue weighted by Crippen LogP contribution is -2.31. The Morgan fingerprint density at radius 1 is 1.06 bits per heavy atom. The van der Waals surface area contributed by atoms with E-state index in [1.807, 2.05) is 0 Å². The summed E-state index contributed by atoms with van der Waals surface area (Å²) in [5.74, 6) is -2.11. The number of benzene rings is 3. The molecule has 7 nitrogen and oxygen atoms in total. The number of carbonyl (C=O) groups excluding carboxylic acids is 2. The minimum atomic E-state index is -0.769. The third kappa shape index (κ3) is 6.15. The lowest BCUT2D eigenvalue weighted by atomic mass is 10.1. The number of amides is 2. The quantitative estimate of drug-likeness (QED) is 0.262. The summed E-state index contributed by atoms with van der Waals surface area (Å²) < 4.78 is 13.3. The number of hydrogen-bond donors (Lipinski definition) is 2. The molecule has 0 bridgehead atoms. The minimum Gasteiger partial charge on any atom is -0.320 e. The predicted molar refractivity (Wildman–Crippen MR) is 125 cm³/mol. The number of halogens is 3. The van der Waals surface area contributed by atoms with E-state index in [4.69, 9.17) is 23.2 Å². The highest BCUT2D eigenvalue weighted by atomic mass is 35.5. The Morgan fingerprint density at radius 3 is 2.52 bits per heavy atom. The maximum atomic E-state index is 13.3. The van der Waals surface area contributed by atoms with Gasteiger partial charge in [0, 0.05) is 22.8 Å². The minimum absolute atomic E-state index is 0.0604. The zero-order valence-corrected chi connectivity index (χ0v) is 18.6. The van der Waals surface area contributed by atoms with Crippen LogP contribution in [0.2, 0.25) is 10.0 Å². The highest BCUT2D eigenvalue weighted by molar-refractivity contribution is 6.34. The van der Waals surface area contributed by atoms with Gasteiger partial charge in [0.05, 0.1) is 15.5 Å². The van der Waals surface area contributed by atoms with Crippen molar-refractivity contribution in [3.05, 3.63) is 109 Å². The number of hydrogen-bond acceptors (Lipinski definition) is 4. The highest BCUT2D eigenvalue weighted by Crippen LogP contribution is 2.22. The van der Waals surface area contributed by atoms with E-state index in [1.165, 1.54) is 36.4 Å². The summed E-state index contributed by atoms with van der Waals surface area (Å²) in [5, 5.41) is 16.4. The van der Waals surface area contributed by atoms with Gasteiger partial charge in [0.2, 0.25) is 0 Å². The van der Waals surface area contributed by atoms with E-state index in [2.05, 4.69) is 10.6 Å². The molecule has 0 aromatic heterocycles. The van der Waals surface area contributed by atoms with Crippen LogP contribution in [0.4, 0.5) is 15.8 Å². The molecule has 0 aliphatic rings.